The number of rotatable bonds is 6. The summed E-state index contributed by atoms with van der Waals surface area (Å²) >= 11 is 0. The molecule has 0 N–H and O–H groups in total. The second kappa shape index (κ2) is 8.10. The summed E-state index contributed by atoms with van der Waals surface area (Å²) in [7, 11) is 3.25. The topological polar surface area (TPSA) is 54.0 Å². The van der Waals surface area contributed by atoms with Gasteiger partial charge in [0.2, 0.25) is 5.78 Å². The van der Waals surface area contributed by atoms with E-state index in [4.69, 9.17) is 18.9 Å². The first-order chi connectivity index (χ1) is 14.2. The molecule has 5 heteroatoms. The molecule has 0 bridgehead atoms. The number of benzene rings is 3. The fraction of sp³-hybridized carbons (Fsp3) is 0.125. The van der Waals surface area contributed by atoms with E-state index < -0.39 is 0 Å². The Hall–Kier alpha value is -3.73. The smallest absolute Gasteiger partial charge is 0.231 e. The van der Waals surface area contributed by atoms with E-state index in [2.05, 4.69) is 0 Å². The van der Waals surface area contributed by atoms with E-state index in [-0.39, 0.29) is 11.5 Å². The molecule has 0 fully saturated rings. The molecule has 0 saturated carbocycles. The highest BCUT2D eigenvalue weighted by molar-refractivity contribution is 6.14. The van der Waals surface area contributed by atoms with Crippen molar-refractivity contribution in [1.29, 1.82) is 0 Å². The number of Topliss-reactive ketones (excluding diaryl/α,β-unsaturated/α-hetero) is 1. The van der Waals surface area contributed by atoms with Crippen LogP contribution in [-0.2, 0) is 6.61 Å². The molecule has 1 aliphatic rings. The molecule has 0 spiro atoms. The summed E-state index contributed by atoms with van der Waals surface area (Å²) in [6.07, 6.45) is 1.72. The van der Waals surface area contributed by atoms with Gasteiger partial charge in [0.25, 0.3) is 0 Å². The van der Waals surface area contributed by atoms with Crippen molar-refractivity contribution in [1.82, 2.24) is 0 Å². The summed E-state index contributed by atoms with van der Waals surface area (Å²) in [5, 5.41) is 0. The highest BCUT2D eigenvalue weighted by Gasteiger charge is 2.27. The first kappa shape index (κ1) is 18.6. The maximum absolute atomic E-state index is 12.6. The number of methoxy groups -OCH3 is 2. The van der Waals surface area contributed by atoms with E-state index in [0.29, 0.717) is 23.7 Å². The average Bonchev–Trinajstić information content (AvgIpc) is 3.07. The summed E-state index contributed by atoms with van der Waals surface area (Å²) in [5.41, 5.74) is 2.41. The molecule has 0 unspecified atom stereocenters. The number of ether oxygens (including phenoxy) is 4. The lowest BCUT2D eigenvalue weighted by Crippen LogP contribution is -1.98. The Morgan fingerprint density at radius 3 is 2.10 bits per heavy atom. The van der Waals surface area contributed by atoms with Crippen LogP contribution in [-0.4, -0.2) is 20.0 Å². The van der Waals surface area contributed by atoms with Crippen molar-refractivity contribution in [3.05, 3.63) is 89.2 Å². The zero-order chi connectivity index (χ0) is 20.2. The minimum atomic E-state index is -0.141. The summed E-state index contributed by atoms with van der Waals surface area (Å²) in [5.74, 6) is 2.84. The average molecular weight is 388 g/mol. The molecule has 0 aromatic heterocycles. The molecule has 0 atom stereocenters. The molecule has 3 aromatic carbocycles. The zero-order valence-corrected chi connectivity index (χ0v) is 16.2. The number of allylic oxidation sites excluding steroid dienone is 1. The fourth-order valence-electron chi connectivity index (χ4n) is 3.00. The summed E-state index contributed by atoms with van der Waals surface area (Å²) in [6, 6.07) is 20.3. The Morgan fingerprint density at radius 1 is 0.828 bits per heavy atom. The number of hydrogen-bond acceptors (Lipinski definition) is 5. The molecule has 146 valence electrons. The van der Waals surface area contributed by atoms with Gasteiger partial charge in [-0.15, -0.1) is 0 Å². The second-order valence-corrected chi connectivity index (χ2v) is 6.51. The van der Waals surface area contributed by atoms with Gasteiger partial charge in [0.1, 0.15) is 29.6 Å². The van der Waals surface area contributed by atoms with Crippen molar-refractivity contribution < 1.29 is 23.7 Å². The quantitative estimate of drug-likeness (QED) is 0.562. The van der Waals surface area contributed by atoms with Crippen LogP contribution >= 0.6 is 0 Å². The molecule has 0 radical (unpaired) electrons. The number of carbonyl (C=O) groups is 1. The van der Waals surface area contributed by atoms with E-state index >= 15 is 0 Å². The lowest BCUT2D eigenvalue weighted by atomic mass is 10.1. The van der Waals surface area contributed by atoms with E-state index in [9.17, 15) is 4.79 Å². The molecule has 0 saturated heterocycles. The minimum absolute atomic E-state index is 0.141. The Bertz CT molecular complexity index is 1050. The number of hydrogen-bond donors (Lipinski definition) is 0. The van der Waals surface area contributed by atoms with Crippen molar-refractivity contribution in [2.45, 2.75) is 6.61 Å². The normalized spacial score (nSPS) is 13.7. The van der Waals surface area contributed by atoms with Crippen molar-refractivity contribution in [3.8, 4) is 23.0 Å². The summed E-state index contributed by atoms with van der Waals surface area (Å²) in [4.78, 5) is 12.6. The first-order valence-corrected chi connectivity index (χ1v) is 9.14. The number of fused-ring (bicyclic) bond motifs is 1. The maximum atomic E-state index is 12.6. The van der Waals surface area contributed by atoms with Gasteiger partial charge in [-0.25, -0.2) is 0 Å². The third-order valence-electron chi connectivity index (χ3n) is 4.62. The monoisotopic (exact) mass is 388 g/mol. The van der Waals surface area contributed by atoms with Crippen molar-refractivity contribution in [2.24, 2.45) is 0 Å². The van der Waals surface area contributed by atoms with Gasteiger partial charge in [0.05, 0.1) is 19.8 Å². The highest BCUT2D eigenvalue weighted by Crippen LogP contribution is 2.35. The molecule has 29 heavy (non-hydrogen) atoms. The Balaban J connectivity index is 1.46. The standard InChI is InChI=1S/C24H20O5/c1-26-18-7-3-16(4-8-18)13-23-24(25)21-12-11-20(14-22(21)29-23)28-15-17-5-9-19(27-2)10-6-17/h3-14H,15H2,1-2H3/b23-13-. The Morgan fingerprint density at radius 2 is 1.45 bits per heavy atom. The molecule has 0 aliphatic carbocycles. The molecule has 1 heterocycles. The maximum Gasteiger partial charge on any atom is 0.231 e. The van der Waals surface area contributed by atoms with Crippen molar-refractivity contribution in [3.63, 3.8) is 0 Å². The van der Waals surface area contributed by atoms with Crippen LogP contribution in [0, 0.1) is 0 Å². The van der Waals surface area contributed by atoms with Crippen LogP contribution in [0.25, 0.3) is 6.08 Å². The number of ketones is 1. The molecule has 5 nitrogen and oxygen atoms in total. The van der Waals surface area contributed by atoms with E-state index in [1.165, 1.54) is 0 Å². The van der Waals surface area contributed by atoms with Crippen LogP contribution in [0.1, 0.15) is 21.5 Å². The van der Waals surface area contributed by atoms with Gasteiger partial charge < -0.3 is 18.9 Å². The zero-order valence-electron chi connectivity index (χ0n) is 16.2. The van der Waals surface area contributed by atoms with Gasteiger partial charge in [-0.3, -0.25) is 4.79 Å². The van der Waals surface area contributed by atoms with Gasteiger partial charge in [-0.05, 0) is 53.6 Å². The van der Waals surface area contributed by atoms with Gasteiger partial charge in [-0.2, -0.15) is 0 Å². The third-order valence-corrected chi connectivity index (χ3v) is 4.62. The molecule has 1 aliphatic heterocycles. The third kappa shape index (κ3) is 4.09. The lowest BCUT2D eigenvalue weighted by molar-refractivity contribution is 0.101. The predicted octanol–water partition coefficient (Wildman–Crippen LogP) is 4.90. The van der Waals surface area contributed by atoms with Gasteiger partial charge in [0.15, 0.2) is 5.76 Å². The van der Waals surface area contributed by atoms with E-state index in [1.807, 2.05) is 48.5 Å². The molecule has 4 rings (SSSR count). The van der Waals surface area contributed by atoms with Crippen molar-refractivity contribution in [2.75, 3.05) is 14.2 Å². The molecule has 3 aromatic rings. The van der Waals surface area contributed by atoms with Crippen LogP contribution in [0.5, 0.6) is 23.0 Å². The summed E-state index contributed by atoms with van der Waals surface area (Å²) in [6.45, 7) is 0.408. The van der Waals surface area contributed by atoms with Gasteiger partial charge in [0, 0.05) is 6.07 Å². The molecule has 0 amide bonds. The first-order valence-electron chi connectivity index (χ1n) is 9.14. The minimum Gasteiger partial charge on any atom is -0.497 e. The Kier molecular flexibility index (Phi) is 5.20. The van der Waals surface area contributed by atoms with Gasteiger partial charge in [-0.1, -0.05) is 24.3 Å². The lowest BCUT2D eigenvalue weighted by Gasteiger charge is -2.08. The Labute approximate surface area is 169 Å². The SMILES string of the molecule is COc1ccc(/C=C2\Oc3cc(OCc4ccc(OC)cc4)ccc3C2=O)cc1. The summed E-state index contributed by atoms with van der Waals surface area (Å²) < 4.78 is 21.9. The largest absolute Gasteiger partial charge is 0.497 e. The van der Waals surface area contributed by atoms with Crippen LogP contribution in [0.4, 0.5) is 0 Å². The van der Waals surface area contributed by atoms with Crippen LogP contribution < -0.4 is 18.9 Å². The van der Waals surface area contributed by atoms with E-state index in [0.717, 1.165) is 22.6 Å². The van der Waals surface area contributed by atoms with Crippen LogP contribution in [0.15, 0.2) is 72.5 Å². The van der Waals surface area contributed by atoms with Crippen molar-refractivity contribution >= 4 is 11.9 Å². The molecular weight excluding hydrogens is 368 g/mol. The highest BCUT2D eigenvalue weighted by atomic mass is 16.5. The van der Waals surface area contributed by atoms with E-state index in [1.54, 1.807) is 38.5 Å². The predicted molar refractivity (Wildman–Crippen MR) is 110 cm³/mol. The van der Waals surface area contributed by atoms with Crippen LogP contribution in [0.2, 0.25) is 0 Å². The van der Waals surface area contributed by atoms with Gasteiger partial charge >= 0.3 is 0 Å². The number of carbonyl (C=O) groups excluding carboxylic acids is 1. The van der Waals surface area contributed by atoms with Crippen LogP contribution in [0.3, 0.4) is 0 Å². The second-order valence-electron chi connectivity index (χ2n) is 6.51. The fourth-order valence-corrected chi connectivity index (χ4v) is 3.00. The molecular formula is C24H20O5.